The van der Waals surface area contributed by atoms with Crippen molar-refractivity contribution in [1.82, 2.24) is 9.55 Å². The largest absolute Gasteiger partial charge is 0.381 e. The van der Waals surface area contributed by atoms with E-state index in [9.17, 15) is 13.2 Å². The van der Waals surface area contributed by atoms with Gasteiger partial charge >= 0.3 is 0 Å². The molecule has 0 spiro atoms. The molecule has 0 aliphatic carbocycles. The normalized spacial score (nSPS) is 16.1. The minimum Gasteiger partial charge on any atom is -0.381 e. The fraction of sp³-hybridized carbons (Fsp3) is 0.417. The van der Waals surface area contributed by atoms with E-state index in [1.54, 1.807) is 32.2 Å². The second-order valence-electron chi connectivity index (χ2n) is 8.82. The van der Waals surface area contributed by atoms with Gasteiger partial charge in [0, 0.05) is 43.0 Å². The molecule has 7 nitrogen and oxygen atoms in total. The molecule has 1 fully saturated rings. The third kappa shape index (κ3) is 4.56. The Morgan fingerprint density at radius 3 is 2.59 bits per heavy atom. The van der Waals surface area contributed by atoms with E-state index in [1.807, 2.05) is 6.92 Å². The predicted molar refractivity (Wildman–Crippen MR) is 131 cm³/mol. The Labute approximate surface area is 202 Å². The van der Waals surface area contributed by atoms with Crippen LogP contribution in [0.15, 0.2) is 34.0 Å². The summed E-state index contributed by atoms with van der Waals surface area (Å²) in [5, 5.41) is 3.43. The average Bonchev–Trinajstić information content (AvgIpc) is 2.79. The van der Waals surface area contributed by atoms with E-state index in [2.05, 4.69) is 5.32 Å². The fourth-order valence-electron chi connectivity index (χ4n) is 4.47. The van der Waals surface area contributed by atoms with Crippen molar-refractivity contribution in [2.75, 3.05) is 24.8 Å². The Bertz CT molecular complexity index is 1430. The van der Waals surface area contributed by atoms with Crippen molar-refractivity contribution >= 4 is 38.0 Å². The van der Waals surface area contributed by atoms with Gasteiger partial charge in [0.15, 0.2) is 9.84 Å². The molecule has 1 aliphatic heterocycles. The van der Waals surface area contributed by atoms with Crippen molar-refractivity contribution in [2.45, 2.75) is 43.5 Å². The van der Waals surface area contributed by atoms with Crippen LogP contribution in [-0.2, 0) is 21.6 Å². The van der Waals surface area contributed by atoms with E-state index in [0.717, 1.165) is 19.1 Å². The highest BCUT2D eigenvalue weighted by Gasteiger charge is 2.26. The molecule has 0 saturated carbocycles. The summed E-state index contributed by atoms with van der Waals surface area (Å²) in [6, 6.07) is 5.75. The highest BCUT2D eigenvalue weighted by atomic mass is 35.5. The van der Waals surface area contributed by atoms with Gasteiger partial charge in [-0.2, -0.15) is 0 Å². The van der Waals surface area contributed by atoms with Crippen LogP contribution < -0.4 is 10.9 Å². The lowest BCUT2D eigenvalue weighted by Crippen LogP contribution is -2.28. The summed E-state index contributed by atoms with van der Waals surface area (Å²) in [6.07, 6.45) is 2.56. The van der Waals surface area contributed by atoms with E-state index in [1.165, 1.54) is 10.6 Å². The summed E-state index contributed by atoms with van der Waals surface area (Å²) in [6.45, 7) is 4.58. The van der Waals surface area contributed by atoms with E-state index in [-0.39, 0.29) is 21.7 Å². The first kappa shape index (κ1) is 24.6. The molecule has 1 aromatic heterocycles. The van der Waals surface area contributed by atoms with Gasteiger partial charge in [-0.15, -0.1) is 0 Å². The summed E-state index contributed by atoms with van der Waals surface area (Å²) in [5.41, 5.74) is 1.12. The lowest BCUT2D eigenvalue weighted by molar-refractivity contribution is 0.0828. The number of nitrogens with one attached hydrogen (secondary N) is 1. The first-order chi connectivity index (χ1) is 16.0. The first-order valence-corrected chi connectivity index (χ1v) is 13.3. The van der Waals surface area contributed by atoms with Crippen LogP contribution in [0.25, 0.3) is 10.9 Å². The fourth-order valence-corrected chi connectivity index (χ4v) is 5.58. The zero-order valence-electron chi connectivity index (χ0n) is 19.5. The second kappa shape index (κ2) is 9.28. The number of benzene rings is 2. The van der Waals surface area contributed by atoms with Gasteiger partial charge < -0.3 is 10.1 Å². The first-order valence-electron chi connectivity index (χ1n) is 11.0. The monoisotopic (exact) mass is 507 g/mol. The summed E-state index contributed by atoms with van der Waals surface area (Å²) < 4.78 is 46.7. The maximum atomic E-state index is 15.2. The second-order valence-corrected chi connectivity index (χ2v) is 11.2. The molecule has 1 saturated heterocycles. The molecule has 0 radical (unpaired) electrons. The van der Waals surface area contributed by atoms with Gasteiger partial charge in [-0.05, 0) is 56.5 Å². The van der Waals surface area contributed by atoms with Crippen molar-refractivity contribution in [3.63, 3.8) is 0 Å². The van der Waals surface area contributed by atoms with Crippen LogP contribution in [0.4, 0.5) is 10.1 Å². The number of hydrogen-bond donors (Lipinski definition) is 1. The Kier molecular flexibility index (Phi) is 6.72. The van der Waals surface area contributed by atoms with Crippen LogP contribution in [-0.4, -0.2) is 37.4 Å². The number of aromatic nitrogens is 2. The van der Waals surface area contributed by atoms with Crippen LogP contribution in [0, 0.1) is 12.7 Å². The molecule has 182 valence electrons. The van der Waals surface area contributed by atoms with Crippen LogP contribution in [0.5, 0.6) is 0 Å². The SMILES string of the molecule is Cc1cc([C@@H](C)Nc2ccc(Cl)cc2S(C)(=O)=O)c2nc(C3CCOCC3)n(C)c(=O)c2c1F. The van der Waals surface area contributed by atoms with Crippen LogP contribution in [0.3, 0.4) is 0 Å². The number of nitrogens with zero attached hydrogens (tertiary/aromatic N) is 2. The van der Waals surface area contributed by atoms with Crippen molar-refractivity contribution in [3.05, 3.63) is 62.4 Å². The molecular weight excluding hydrogens is 481 g/mol. The molecule has 2 heterocycles. The van der Waals surface area contributed by atoms with Crippen molar-refractivity contribution in [1.29, 1.82) is 0 Å². The third-order valence-electron chi connectivity index (χ3n) is 6.30. The van der Waals surface area contributed by atoms with Gasteiger partial charge in [0.2, 0.25) is 0 Å². The number of anilines is 1. The Hall–Kier alpha value is -2.49. The number of sulfone groups is 1. The van der Waals surface area contributed by atoms with Gasteiger partial charge in [-0.25, -0.2) is 17.8 Å². The topological polar surface area (TPSA) is 90.3 Å². The van der Waals surface area contributed by atoms with Gasteiger partial charge in [0.25, 0.3) is 5.56 Å². The number of aryl methyl sites for hydroxylation is 1. The molecule has 1 atom stereocenters. The lowest BCUT2D eigenvalue weighted by Gasteiger charge is -2.25. The van der Waals surface area contributed by atoms with Crippen LogP contribution in [0.1, 0.15) is 48.7 Å². The quantitative estimate of drug-likeness (QED) is 0.546. The predicted octanol–water partition coefficient (Wildman–Crippen LogP) is 4.51. The molecule has 10 heteroatoms. The number of ether oxygens (including phenoxy) is 1. The standard InChI is InChI=1S/C24H27ClFN3O4S/c1-13-11-17(14(2)27-18-6-5-16(25)12-19(18)34(4,31)32)22-20(21(13)26)24(30)29(3)23(28-22)15-7-9-33-10-8-15/h5-6,11-12,14-15,27H,7-10H2,1-4H3/t14-/m1/s1. The van der Waals surface area contributed by atoms with Crippen LogP contribution >= 0.6 is 11.6 Å². The Balaban J connectivity index is 1.88. The third-order valence-corrected chi connectivity index (χ3v) is 7.68. The Morgan fingerprint density at radius 2 is 1.94 bits per heavy atom. The number of fused-ring (bicyclic) bond motifs is 1. The maximum absolute atomic E-state index is 15.2. The van der Waals surface area contributed by atoms with Crippen molar-refractivity contribution in [3.8, 4) is 0 Å². The highest BCUT2D eigenvalue weighted by molar-refractivity contribution is 7.90. The summed E-state index contributed by atoms with van der Waals surface area (Å²) in [5.74, 6) is 0.0335. The summed E-state index contributed by atoms with van der Waals surface area (Å²) in [7, 11) is -1.94. The minimum atomic E-state index is -3.56. The molecule has 0 amide bonds. The molecule has 2 aromatic carbocycles. The molecule has 1 N–H and O–H groups in total. The van der Waals surface area contributed by atoms with Crippen LogP contribution in [0.2, 0.25) is 5.02 Å². The lowest BCUT2D eigenvalue weighted by atomic mass is 9.97. The van der Waals surface area contributed by atoms with Crippen molar-refractivity contribution < 1.29 is 17.5 Å². The smallest absolute Gasteiger partial charge is 0.264 e. The summed E-state index contributed by atoms with van der Waals surface area (Å²) >= 11 is 6.03. The van der Waals surface area contributed by atoms with Gasteiger partial charge in [-0.3, -0.25) is 9.36 Å². The Morgan fingerprint density at radius 1 is 1.26 bits per heavy atom. The maximum Gasteiger partial charge on any atom is 0.264 e. The number of halogens is 2. The number of hydrogen-bond acceptors (Lipinski definition) is 6. The van der Waals surface area contributed by atoms with E-state index >= 15 is 4.39 Å². The average molecular weight is 508 g/mol. The highest BCUT2D eigenvalue weighted by Crippen LogP contribution is 2.33. The molecule has 4 rings (SSSR count). The molecular formula is C24H27ClFN3O4S. The van der Waals surface area contributed by atoms with E-state index in [4.69, 9.17) is 21.3 Å². The van der Waals surface area contributed by atoms with E-state index in [0.29, 0.717) is 40.9 Å². The zero-order chi connectivity index (χ0) is 24.8. The number of rotatable bonds is 5. The van der Waals surface area contributed by atoms with E-state index < -0.39 is 27.3 Å². The van der Waals surface area contributed by atoms with Gasteiger partial charge in [-0.1, -0.05) is 11.6 Å². The minimum absolute atomic E-state index is 0.0319. The van der Waals surface area contributed by atoms with Gasteiger partial charge in [0.05, 0.1) is 22.1 Å². The molecule has 34 heavy (non-hydrogen) atoms. The molecule has 1 aliphatic rings. The molecule has 3 aromatic rings. The van der Waals surface area contributed by atoms with Crippen molar-refractivity contribution in [2.24, 2.45) is 7.05 Å². The zero-order valence-corrected chi connectivity index (χ0v) is 21.1. The molecule has 0 bridgehead atoms. The van der Waals surface area contributed by atoms with Gasteiger partial charge in [0.1, 0.15) is 17.0 Å². The summed E-state index contributed by atoms with van der Waals surface area (Å²) in [4.78, 5) is 18.1. The molecule has 0 unspecified atom stereocenters.